The minimum atomic E-state index is -0.0277. The molecule has 84 valence electrons. The summed E-state index contributed by atoms with van der Waals surface area (Å²) >= 11 is 5.82. The molecule has 0 spiro atoms. The van der Waals surface area contributed by atoms with Crippen molar-refractivity contribution in [2.24, 2.45) is 14.1 Å². The molecule has 0 unspecified atom stereocenters. The molecule has 0 aromatic carbocycles. The predicted octanol–water partition coefficient (Wildman–Crippen LogP) is 1.52. The highest BCUT2D eigenvalue weighted by Gasteiger charge is 2.09. The molecule has 0 bridgehead atoms. The summed E-state index contributed by atoms with van der Waals surface area (Å²) in [5.74, 6) is 0.360. The summed E-state index contributed by atoms with van der Waals surface area (Å²) in [5, 5.41) is 4.25. The molecule has 2 aromatic heterocycles. The van der Waals surface area contributed by atoms with Crippen molar-refractivity contribution in [2.45, 2.75) is 5.88 Å². The first kappa shape index (κ1) is 11.0. The van der Waals surface area contributed by atoms with E-state index in [-0.39, 0.29) is 5.56 Å². The largest absolute Gasteiger partial charge is 0.318 e. The lowest BCUT2D eigenvalue weighted by Crippen LogP contribution is -2.13. The van der Waals surface area contributed by atoms with E-state index < -0.39 is 0 Å². The Morgan fingerprint density at radius 3 is 2.69 bits per heavy atom. The molecular formula is C11H12ClN3O. The fourth-order valence-electron chi connectivity index (χ4n) is 1.63. The molecule has 2 heterocycles. The summed E-state index contributed by atoms with van der Waals surface area (Å²) in [5.41, 5.74) is 2.71. The second kappa shape index (κ2) is 4.14. The molecule has 0 atom stereocenters. The van der Waals surface area contributed by atoms with Gasteiger partial charge < -0.3 is 4.57 Å². The zero-order valence-electron chi connectivity index (χ0n) is 9.14. The Hall–Kier alpha value is -1.55. The second-order valence-electron chi connectivity index (χ2n) is 3.66. The van der Waals surface area contributed by atoms with E-state index in [4.69, 9.17) is 11.6 Å². The van der Waals surface area contributed by atoms with Crippen LogP contribution < -0.4 is 5.56 Å². The molecule has 0 aliphatic heterocycles. The zero-order valence-corrected chi connectivity index (χ0v) is 9.90. The Kier molecular flexibility index (Phi) is 2.83. The van der Waals surface area contributed by atoms with Crippen molar-refractivity contribution in [2.75, 3.05) is 0 Å². The summed E-state index contributed by atoms with van der Waals surface area (Å²) < 4.78 is 3.26. The van der Waals surface area contributed by atoms with Gasteiger partial charge >= 0.3 is 0 Å². The molecule has 0 radical (unpaired) electrons. The van der Waals surface area contributed by atoms with Crippen LogP contribution in [0.2, 0.25) is 0 Å². The van der Waals surface area contributed by atoms with Gasteiger partial charge in [-0.25, -0.2) is 0 Å². The molecule has 0 saturated carbocycles. The van der Waals surface area contributed by atoms with Crippen LogP contribution in [0.3, 0.4) is 0 Å². The van der Waals surface area contributed by atoms with Crippen molar-refractivity contribution >= 4 is 11.6 Å². The summed E-state index contributed by atoms with van der Waals surface area (Å²) in [7, 11) is 3.57. The summed E-state index contributed by atoms with van der Waals surface area (Å²) in [6.45, 7) is 0. The first-order valence-corrected chi connectivity index (χ1v) is 5.41. The Morgan fingerprint density at radius 1 is 1.31 bits per heavy atom. The molecule has 0 aliphatic rings. The third kappa shape index (κ3) is 1.88. The highest BCUT2D eigenvalue weighted by Crippen LogP contribution is 2.22. The minimum absolute atomic E-state index is 0.0277. The van der Waals surface area contributed by atoms with Gasteiger partial charge in [-0.1, -0.05) is 0 Å². The van der Waals surface area contributed by atoms with Crippen LogP contribution in [0.15, 0.2) is 29.3 Å². The fourth-order valence-corrected chi connectivity index (χ4v) is 1.82. The average molecular weight is 238 g/mol. The van der Waals surface area contributed by atoms with Crippen LogP contribution in [0, 0.1) is 0 Å². The van der Waals surface area contributed by atoms with Gasteiger partial charge in [-0.2, -0.15) is 5.10 Å². The highest BCUT2D eigenvalue weighted by molar-refractivity contribution is 6.17. The van der Waals surface area contributed by atoms with E-state index in [0.29, 0.717) is 5.88 Å². The third-order valence-electron chi connectivity index (χ3n) is 2.43. The van der Waals surface area contributed by atoms with Crippen LogP contribution in [-0.2, 0) is 20.0 Å². The molecule has 4 nitrogen and oxygen atoms in total. The summed E-state index contributed by atoms with van der Waals surface area (Å²) in [4.78, 5) is 11.3. The van der Waals surface area contributed by atoms with Crippen LogP contribution in [-0.4, -0.2) is 14.3 Å². The quantitative estimate of drug-likeness (QED) is 0.743. The van der Waals surface area contributed by atoms with E-state index in [1.54, 1.807) is 34.6 Å². The van der Waals surface area contributed by atoms with E-state index in [9.17, 15) is 4.79 Å². The molecule has 2 rings (SSSR count). The number of hydrogen-bond acceptors (Lipinski definition) is 2. The number of rotatable bonds is 2. The SMILES string of the molecule is Cn1cc(-c2ccc(=O)n(C)c2)c(CCl)n1. The maximum absolute atomic E-state index is 11.3. The molecular weight excluding hydrogens is 226 g/mol. The van der Waals surface area contributed by atoms with E-state index in [2.05, 4.69) is 5.10 Å². The van der Waals surface area contributed by atoms with Gasteiger partial charge in [0.15, 0.2) is 0 Å². The van der Waals surface area contributed by atoms with Crippen molar-refractivity contribution in [3.8, 4) is 11.1 Å². The van der Waals surface area contributed by atoms with Gasteiger partial charge in [-0.05, 0) is 6.07 Å². The van der Waals surface area contributed by atoms with Crippen molar-refractivity contribution in [3.05, 3.63) is 40.6 Å². The van der Waals surface area contributed by atoms with Crippen molar-refractivity contribution in [3.63, 3.8) is 0 Å². The number of alkyl halides is 1. The monoisotopic (exact) mass is 237 g/mol. The van der Waals surface area contributed by atoms with Gasteiger partial charge in [0.1, 0.15) is 0 Å². The molecule has 0 N–H and O–H groups in total. The molecule has 5 heteroatoms. The topological polar surface area (TPSA) is 39.8 Å². The Balaban J connectivity index is 2.57. The number of hydrogen-bond donors (Lipinski definition) is 0. The molecule has 0 saturated heterocycles. The predicted molar refractivity (Wildman–Crippen MR) is 63.4 cm³/mol. The summed E-state index contributed by atoms with van der Waals surface area (Å²) in [6.07, 6.45) is 3.69. The van der Waals surface area contributed by atoms with Crippen LogP contribution in [0.5, 0.6) is 0 Å². The van der Waals surface area contributed by atoms with E-state index in [0.717, 1.165) is 16.8 Å². The number of aromatic nitrogens is 3. The van der Waals surface area contributed by atoms with Gasteiger partial charge in [0.2, 0.25) is 5.56 Å². The lowest BCUT2D eigenvalue weighted by atomic mass is 10.1. The Labute approximate surface area is 98.1 Å². The standard InChI is InChI=1S/C11H12ClN3O/c1-14-6-8(3-4-11(14)16)9-7-15(2)13-10(9)5-12/h3-4,6-7H,5H2,1-2H3. The minimum Gasteiger partial charge on any atom is -0.318 e. The smallest absolute Gasteiger partial charge is 0.250 e. The van der Waals surface area contributed by atoms with Crippen molar-refractivity contribution in [1.29, 1.82) is 0 Å². The fraction of sp³-hybridized carbons (Fsp3) is 0.273. The second-order valence-corrected chi connectivity index (χ2v) is 3.93. The first-order valence-electron chi connectivity index (χ1n) is 4.87. The van der Waals surface area contributed by atoms with E-state index >= 15 is 0 Å². The lowest BCUT2D eigenvalue weighted by Gasteiger charge is -2.02. The maximum Gasteiger partial charge on any atom is 0.250 e. The van der Waals surface area contributed by atoms with Crippen LogP contribution in [0.25, 0.3) is 11.1 Å². The Morgan fingerprint density at radius 2 is 2.06 bits per heavy atom. The number of halogens is 1. The number of nitrogens with zero attached hydrogens (tertiary/aromatic N) is 3. The van der Waals surface area contributed by atoms with Gasteiger partial charge in [-0.15, -0.1) is 11.6 Å². The normalized spacial score (nSPS) is 10.7. The van der Waals surface area contributed by atoms with Gasteiger partial charge in [-0.3, -0.25) is 9.48 Å². The summed E-state index contributed by atoms with van der Waals surface area (Å²) in [6, 6.07) is 3.33. The molecule has 0 fully saturated rings. The van der Waals surface area contributed by atoms with Crippen molar-refractivity contribution < 1.29 is 0 Å². The van der Waals surface area contributed by atoms with Gasteiger partial charge in [0, 0.05) is 43.7 Å². The average Bonchev–Trinajstić information content (AvgIpc) is 2.63. The van der Waals surface area contributed by atoms with Gasteiger partial charge in [0.25, 0.3) is 0 Å². The molecule has 16 heavy (non-hydrogen) atoms. The van der Waals surface area contributed by atoms with Crippen LogP contribution >= 0.6 is 11.6 Å². The van der Waals surface area contributed by atoms with Crippen LogP contribution in [0.4, 0.5) is 0 Å². The van der Waals surface area contributed by atoms with E-state index in [1.165, 1.54) is 0 Å². The zero-order chi connectivity index (χ0) is 11.7. The number of pyridine rings is 1. The van der Waals surface area contributed by atoms with Gasteiger partial charge in [0.05, 0.1) is 11.6 Å². The lowest BCUT2D eigenvalue weighted by molar-refractivity contribution is 0.754. The molecule has 0 amide bonds. The van der Waals surface area contributed by atoms with Crippen molar-refractivity contribution in [1.82, 2.24) is 14.3 Å². The first-order chi connectivity index (χ1) is 7.61. The molecule has 0 aliphatic carbocycles. The number of aryl methyl sites for hydroxylation is 2. The van der Waals surface area contributed by atoms with Crippen LogP contribution in [0.1, 0.15) is 5.69 Å². The van der Waals surface area contributed by atoms with E-state index in [1.807, 2.05) is 13.2 Å². The third-order valence-corrected chi connectivity index (χ3v) is 2.68. The highest BCUT2D eigenvalue weighted by atomic mass is 35.5. The maximum atomic E-state index is 11.3. The molecule has 2 aromatic rings. The Bertz CT molecular complexity index is 571.